The number of carboxylic acid groups (broad SMARTS) is 1. The van der Waals surface area contributed by atoms with Crippen LogP contribution in [0.2, 0.25) is 0 Å². The largest absolute Gasteiger partial charge is 0.478 e. The van der Waals surface area contributed by atoms with Crippen molar-refractivity contribution in [2.75, 3.05) is 6.61 Å². The van der Waals surface area contributed by atoms with Crippen molar-refractivity contribution in [2.45, 2.75) is 46.5 Å². The number of nitrogens with zero attached hydrogens (tertiary/aromatic N) is 1. The van der Waals surface area contributed by atoms with Gasteiger partial charge in [-0.15, -0.1) is 0 Å². The van der Waals surface area contributed by atoms with Crippen LogP contribution in [0.1, 0.15) is 55.6 Å². The molecule has 1 atom stereocenters. The Hall–Kier alpha value is -1.58. The lowest BCUT2D eigenvalue weighted by atomic mass is 10.0. The Morgan fingerprint density at radius 3 is 2.74 bits per heavy atom. The lowest BCUT2D eigenvalue weighted by Gasteiger charge is -2.15. The monoisotopic (exact) mass is 265 g/mol. The predicted octanol–water partition coefficient (Wildman–Crippen LogP) is 3.68. The zero-order chi connectivity index (χ0) is 14.3. The molecule has 4 nitrogen and oxygen atoms in total. The van der Waals surface area contributed by atoms with Gasteiger partial charge in [-0.1, -0.05) is 33.1 Å². The van der Waals surface area contributed by atoms with Crippen LogP contribution < -0.4 is 4.74 Å². The van der Waals surface area contributed by atoms with Crippen LogP contribution in [-0.2, 0) is 0 Å². The maximum Gasteiger partial charge on any atom is 0.335 e. The molecular weight excluding hydrogens is 242 g/mol. The fraction of sp³-hybridized carbons (Fsp3) is 0.600. The first-order valence-corrected chi connectivity index (χ1v) is 6.91. The number of carboxylic acids is 1. The van der Waals surface area contributed by atoms with Gasteiger partial charge >= 0.3 is 5.97 Å². The molecule has 0 radical (unpaired) electrons. The minimum Gasteiger partial charge on any atom is -0.478 e. The van der Waals surface area contributed by atoms with Crippen LogP contribution in [0, 0.1) is 12.8 Å². The number of pyridine rings is 1. The Kier molecular flexibility index (Phi) is 6.33. The third kappa shape index (κ3) is 5.28. The molecule has 0 aliphatic carbocycles. The molecule has 1 unspecified atom stereocenters. The molecule has 0 aliphatic rings. The number of unbranched alkanes of at least 4 members (excludes halogenated alkanes) is 1. The third-order valence-electron chi connectivity index (χ3n) is 3.19. The summed E-state index contributed by atoms with van der Waals surface area (Å²) in [7, 11) is 0. The smallest absolute Gasteiger partial charge is 0.335 e. The van der Waals surface area contributed by atoms with Crippen molar-refractivity contribution in [3.05, 3.63) is 23.4 Å². The van der Waals surface area contributed by atoms with E-state index in [1.165, 1.54) is 18.9 Å². The summed E-state index contributed by atoms with van der Waals surface area (Å²) in [6.45, 7) is 6.70. The van der Waals surface area contributed by atoms with Gasteiger partial charge in [0.1, 0.15) is 0 Å². The highest BCUT2D eigenvalue weighted by molar-refractivity contribution is 5.87. The van der Waals surface area contributed by atoms with Gasteiger partial charge < -0.3 is 9.84 Å². The maximum absolute atomic E-state index is 11.0. The van der Waals surface area contributed by atoms with E-state index in [1.807, 2.05) is 0 Å². The molecule has 1 aromatic rings. The van der Waals surface area contributed by atoms with Gasteiger partial charge in [0.25, 0.3) is 0 Å². The second-order valence-electron chi connectivity index (χ2n) is 4.87. The van der Waals surface area contributed by atoms with Crippen LogP contribution in [0.15, 0.2) is 12.1 Å². The number of aromatic nitrogens is 1. The Morgan fingerprint density at radius 1 is 1.42 bits per heavy atom. The minimum atomic E-state index is -0.951. The van der Waals surface area contributed by atoms with E-state index < -0.39 is 5.97 Å². The fourth-order valence-electron chi connectivity index (χ4n) is 1.94. The summed E-state index contributed by atoms with van der Waals surface area (Å²) < 4.78 is 5.65. The van der Waals surface area contributed by atoms with Crippen LogP contribution >= 0.6 is 0 Å². The van der Waals surface area contributed by atoms with E-state index in [4.69, 9.17) is 9.84 Å². The number of aromatic carboxylic acids is 1. The molecule has 0 aliphatic heterocycles. The van der Waals surface area contributed by atoms with E-state index in [9.17, 15) is 4.79 Å². The number of ether oxygens (including phenoxy) is 1. The molecular formula is C15H23NO3. The standard InChI is InChI=1S/C15H23NO3/c1-4-6-7-12(5-2)10-19-14-9-13(15(17)18)8-11(3)16-14/h8-9,12H,4-7,10H2,1-3H3,(H,17,18). The van der Waals surface area contributed by atoms with Gasteiger partial charge in [-0.3, -0.25) is 0 Å². The Morgan fingerprint density at radius 2 is 2.16 bits per heavy atom. The molecule has 0 fully saturated rings. The molecule has 0 aromatic carbocycles. The second-order valence-corrected chi connectivity index (χ2v) is 4.87. The van der Waals surface area contributed by atoms with E-state index in [1.54, 1.807) is 13.0 Å². The summed E-state index contributed by atoms with van der Waals surface area (Å²) in [5.74, 6) is -0.0312. The van der Waals surface area contributed by atoms with Crippen LogP contribution in [-0.4, -0.2) is 22.7 Å². The molecule has 4 heteroatoms. The summed E-state index contributed by atoms with van der Waals surface area (Å²) in [6.07, 6.45) is 4.59. The van der Waals surface area contributed by atoms with Crippen molar-refractivity contribution in [1.29, 1.82) is 0 Å². The zero-order valence-electron chi connectivity index (χ0n) is 12.0. The number of hydrogen-bond donors (Lipinski definition) is 1. The van der Waals surface area contributed by atoms with Crippen molar-refractivity contribution >= 4 is 5.97 Å². The number of hydrogen-bond acceptors (Lipinski definition) is 3. The maximum atomic E-state index is 11.0. The van der Waals surface area contributed by atoms with Crippen LogP contribution in [0.5, 0.6) is 5.88 Å². The number of aryl methyl sites for hydroxylation is 1. The molecule has 106 valence electrons. The number of rotatable bonds is 8. The van der Waals surface area contributed by atoms with Gasteiger partial charge in [0.2, 0.25) is 5.88 Å². The molecule has 0 amide bonds. The first-order valence-electron chi connectivity index (χ1n) is 6.91. The third-order valence-corrected chi connectivity index (χ3v) is 3.19. The van der Waals surface area contributed by atoms with E-state index in [-0.39, 0.29) is 5.56 Å². The normalized spacial score (nSPS) is 12.2. The Bertz CT molecular complexity index is 418. The second kappa shape index (κ2) is 7.77. The van der Waals surface area contributed by atoms with Crippen LogP contribution in [0.25, 0.3) is 0 Å². The average Bonchev–Trinajstić information content (AvgIpc) is 2.38. The van der Waals surface area contributed by atoms with Crippen molar-refractivity contribution in [3.8, 4) is 5.88 Å². The van der Waals surface area contributed by atoms with E-state index in [0.717, 1.165) is 12.8 Å². The van der Waals surface area contributed by atoms with Crippen molar-refractivity contribution in [2.24, 2.45) is 5.92 Å². The summed E-state index contributed by atoms with van der Waals surface area (Å²) >= 11 is 0. The molecule has 1 N–H and O–H groups in total. The van der Waals surface area contributed by atoms with Gasteiger partial charge in [0.05, 0.1) is 12.2 Å². The van der Waals surface area contributed by atoms with E-state index in [0.29, 0.717) is 24.1 Å². The highest BCUT2D eigenvalue weighted by Crippen LogP contribution is 2.17. The zero-order valence-corrected chi connectivity index (χ0v) is 12.0. The van der Waals surface area contributed by atoms with Gasteiger partial charge in [0.15, 0.2) is 0 Å². The van der Waals surface area contributed by atoms with Gasteiger partial charge in [0, 0.05) is 11.8 Å². The Balaban J connectivity index is 2.63. The van der Waals surface area contributed by atoms with Crippen LogP contribution in [0.4, 0.5) is 0 Å². The molecule has 1 aromatic heterocycles. The molecule has 1 heterocycles. The quantitative estimate of drug-likeness (QED) is 0.778. The Labute approximate surface area is 114 Å². The minimum absolute atomic E-state index is 0.226. The molecule has 19 heavy (non-hydrogen) atoms. The lowest BCUT2D eigenvalue weighted by Crippen LogP contribution is -2.12. The van der Waals surface area contributed by atoms with Crippen LogP contribution in [0.3, 0.4) is 0 Å². The molecule has 0 saturated heterocycles. The fourth-order valence-corrected chi connectivity index (χ4v) is 1.94. The highest BCUT2D eigenvalue weighted by atomic mass is 16.5. The van der Waals surface area contributed by atoms with Gasteiger partial charge in [-0.25, -0.2) is 9.78 Å². The first-order chi connectivity index (χ1) is 9.06. The predicted molar refractivity (Wildman–Crippen MR) is 74.7 cm³/mol. The van der Waals surface area contributed by atoms with Gasteiger partial charge in [-0.2, -0.15) is 0 Å². The average molecular weight is 265 g/mol. The SMILES string of the molecule is CCCCC(CC)COc1cc(C(=O)O)cc(C)n1. The summed E-state index contributed by atoms with van der Waals surface area (Å²) in [6, 6.07) is 3.03. The molecule has 0 bridgehead atoms. The molecule has 0 spiro atoms. The van der Waals surface area contributed by atoms with E-state index in [2.05, 4.69) is 18.8 Å². The van der Waals surface area contributed by atoms with Crippen molar-refractivity contribution < 1.29 is 14.6 Å². The highest BCUT2D eigenvalue weighted by Gasteiger charge is 2.10. The number of carbonyl (C=O) groups is 1. The molecule has 0 saturated carbocycles. The summed E-state index contributed by atoms with van der Waals surface area (Å²) in [4.78, 5) is 15.2. The van der Waals surface area contributed by atoms with E-state index >= 15 is 0 Å². The topological polar surface area (TPSA) is 59.4 Å². The molecule has 1 rings (SSSR count). The van der Waals surface area contributed by atoms with Crippen molar-refractivity contribution in [3.63, 3.8) is 0 Å². The lowest BCUT2D eigenvalue weighted by molar-refractivity contribution is 0.0696. The first kappa shape index (κ1) is 15.5. The summed E-state index contributed by atoms with van der Waals surface area (Å²) in [5, 5.41) is 8.99. The summed E-state index contributed by atoms with van der Waals surface area (Å²) in [5.41, 5.74) is 0.889. The van der Waals surface area contributed by atoms with Gasteiger partial charge in [-0.05, 0) is 25.3 Å². The van der Waals surface area contributed by atoms with Crippen molar-refractivity contribution in [1.82, 2.24) is 4.98 Å².